The maximum Gasteiger partial charge on any atom is 0.305 e. The molecule has 0 aromatic heterocycles. The summed E-state index contributed by atoms with van der Waals surface area (Å²) in [5, 5.41) is 19.8. The number of unbranched alkanes of at least 4 members (excludes halogenated alkanes) is 23. The van der Waals surface area contributed by atoms with Crippen LogP contribution in [0.2, 0.25) is 0 Å². The van der Waals surface area contributed by atoms with E-state index in [4.69, 9.17) is 9.47 Å². The van der Waals surface area contributed by atoms with Crippen LogP contribution >= 0.6 is 0 Å². The van der Waals surface area contributed by atoms with Gasteiger partial charge in [0.1, 0.15) is 13.2 Å². The number of carbonyl (C=O) groups excluding carboxylic acids is 2. The standard InChI is InChI=1S/C39H76O6/c1-4-5-6-7-8-9-10-11-15-18-21-24-27-30-37(42)44-34-39(32-40,33-41)35-45-38(43)31-28-25-22-19-16-13-12-14-17-20-23-26-29-36(2)3/h36,40-41H,4-35H2,1-3H3. The molecule has 0 fully saturated rings. The Bertz CT molecular complexity index is 645. The van der Waals surface area contributed by atoms with Crippen LogP contribution in [0.25, 0.3) is 0 Å². The molecule has 268 valence electrons. The quantitative estimate of drug-likeness (QED) is 0.0529. The predicted molar refractivity (Wildman–Crippen MR) is 188 cm³/mol. The molecule has 0 saturated carbocycles. The monoisotopic (exact) mass is 641 g/mol. The van der Waals surface area contributed by atoms with Gasteiger partial charge in [-0.2, -0.15) is 0 Å². The molecule has 0 aromatic carbocycles. The van der Waals surface area contributed by atoms with E-state index in [1.165, 1.54) is 128 Å². The van der Waals surface area contributed by atoms with Gasteiger partial charge in [0.2, 0.25) is 0 Å². The van der Waals surface area contributed by atoms with E-state index >= 15 is 0 Å². The zero-order valence-electron chi connectivity index (χ0n) is 30.2. The van der Waals surface area contributed by atoms with Gasteiger partial charge in [-0.1, -0.05) is 175 Å². The van der Waals surface area contributed by atoms with E-state index < -0.39 is 18.6 Å². The SMILES string of the molecule is CCCCCCCCCCCCCCCC(=O)OCC(CO)(CO)COC(=O)CCCCCCCCCCCCCCC(C)C. The van der Waals surface area contributed by atoms with Gasteiger partial charge in [0.05, 0.1) is 18.6 Å². The van der Waals surface area contributed by atoms with Crippen LogP contribution in [-0.2, 0) is 19.1 Å². The first-order chi connectivity index (χ1) is 21.9. The molecule has 0 atom stereocenters. The van der Waals surface area contributed by atoms with Gasteiger partial charge >= 0.3 is 11.9 Å². The molecule has 0 spiro atoms. The summed E-state index contributed by atoms with van der Waals surface area (Å²) in [6, 6.07) is 0. The molecule has 6 heteroatoms. The third kappa shape index (κ3) is 30.0. The van der Waals surface area contributed by atoms with Gasteiger partial charge in [-0.05, 0) is 18.8 Å². The molecule has 0 aliphatic heterocycles. The van der Waals surface area contributed by atoms with Crippen LogP contribution in [0.3, 0.4) is 0 Å². The van der Waals surface area contributed by atoms with E-state index in [9.17, 15) is 19.8 Å². The van der Waals surface area contributed by atoms with Gasteiger partial charge in [0, 0.05) is 12.8 Å². The molecule has 0 amide bonds. The third-order valence-electron chi connectivity index (χ3n) is 9.15. The smallest absolute Gasteiger partial charge is 0.305 e. The fourth-order valence-corrected chi connectivity index (χ4v) is 5.76. The number of carbonyl (C=O) groups is 2. The second-order valence-corrected chi connectivity index (χ2v) is 14.3. The Kier molecular flexibility index (Phi) is 32.0. The normalized spacial score (nSPS) is 11.8. The summed E-state index contributed by atoms with van der Waals surface area (Å²) >= 11 is 0. The van der Waals surface area contributed by atoms with Crippen LogP contribution in [0.15, 0.2) is 0 Å². The van der Waals surface area contributed by atoms with Crippen molar-refractivity contribution in [3.05, 3.63) is 0 Å². The Balaban J connectivity index is 3.76. The molecule has 0 aliphatic rings. The Morgan fingerprint density at radius 1 is 0.489 bits per heavy atom. The topological polar surface area (TPSA) is 93.1 Å². The molecule has 0 rings (SSSR count). The van der Waals surface area contributed by atoms with Crippen LogP contribution in [0.4, 0.5) is 0 Å². The molecular weight excluding hydrogens is 564 g/mol. The Labute approximate surface area is 279 Å². The number of hydrogen-bond donors (Lipinski definition) is 2. The zero-order valence-corrected chi connectivity index (χ0v) is 30.2. The number of esters is 2. The molecule has 0 radical (unpaired) electrons. The molecule has 0 heterocycles. The second-order valence-electron chi connectivity index (χ2n) is 14.3. The van der Waals surface area contributed by atoms with E-state index in [0.717, 1.165) is 44.4 Å². The highest BCUT2D eigenvalue weighted by atomic mass is 16.5. The number of rotatable bonds is 35. The van der Waals surface area contributed by atoms with Crippen LogP contribution in [-0.4, -0.2) is 48.6 Å². The lowest BCUT2D eigenvalue weighted by atomic mass is 9.92. The second kappa shape index (κ2) is 32.8. The summed E-state index contributed by atoms with van der Waals surface area (Å²) in [6.07, 6.45) is 33.2. The molecule has 6 nitrogen and oxygen atoms in total. The Morgan fingerprint density at radius 2 is 0.778 bits per heavy atom. The highest BCUT2D eigenvalue weighted by molar-refractivity contribution is 5.69. The third-order valence-corrected chi connectivity index (χ3v) is 9.15. The molecule has 0 bridgehead atoms. The molecule has 2 N–H and O–H groups in total. The van der Waals surface area contributed by atoms with Crippen LogP contribution < -0.4 is 0 Å². The van der Waals surface area contributed by atoms with Gasteiger partial charge in [-0.3, -0.25) is 9.59 Å². The van der Waals surface area contributed by atoms with Gasteiger partial charge in [0.25, 0.3) is 0 Å². The number of ether oxygens (including phenoxy) is 2. The summed E-state index contributed by atoms with van der Waals surface area (Å²) in [4.78, 5) is 24.5. The van der Waals surface area contributed by atoms with Crippen molar-refractivity contribution in [3.63, 3.8) is 0 Å². The van der Waals surface area contributed by atoms with E-state index in [2.05, 4.69) is 20.8 Å². The van der Waals surface area contributed by atoms with E-state index in [-0.39, 0.29) is 25.2 Å². The van der Waals surface area contributed by atoms with Gasteiger partial charge in [-0.15, -0.1) is 0 Å². The highest BCUT2D eigenvalue weighted by Gasteiger charge is 2.33. The first-order valence-electron chi connectivity index (χ1n) is 19.4. The molecule has 0 unspecified atom stereocenters. The molecule has 0 aliphatic carbocycles. The number of hydrogen-bond acceptors (Lipinski definition) is 6. The van der Waals surface area contributed by atoms with Gasteiger partial charge < -0.3 is 19.7 Å². The van der Waals surface area contributed by atoms with Gasteiger partial charge in [0.15, 0.2) is 0 Å². The number of aliphatic hydroxyl groups excluding tert-OH is 2. The van der Waals surface area contributed by atoms with Crippen LogP contribution in [0, 0.1) is 11.3 Å². The first kappa shape index (κ1) is 43.9. The molecular formula is C39H76O6. The molecule has 0 aromatic rings. The lowest BCUT2D eigenvalue weighted by Crippen LogP contribution is -2.41. The van der Waals surface area contributed by atoms with E-state index in [1.807, 2.05) is 0 Å². The highest BCUT2D eigenvalue weighted by Crippen LogP contribution is 2.20. The molecule has 0 saturated heterocycles. The Hall–Kier alpha value is -1.14. The van der Waals surface area contributed by atoms with Gasteiger partial charge in [-0.25, -0.2) is 0 Å². The van der Waals surface area contributed by atoms with Crippen molar-refractivity contribution in [2.45, 2.75) is 201 Å². The minimum Gasteiger partial charge on any atom is -0.465 e. The van der Waals surface area contributed by atoms with Crippen molar-refractivity contribution >= 4 is 11.9 Å². The van der Waals surface area contributed by atoms with E-state index in [0.29, 0.717) is 12.8 Å². The zero-order chi connectivity index (χ0) is 33.3. The van der Waals surface area contributed by atoms with E-state index in [1.54, 1.807) is 0 Å². The minimum absolute atomic E-state index is 0.150. The maximum absolute atomic E-state index is 12.3. The summed E-state index contributed by atoms with van der Waals surface area (Å²) in [5.41, 5.74) is -1.16. The van der Waals surface area contributed by atoms with Crippen LogP contribution in [0.5, 0.6) is 0 Å². The summed E-state index contributed by atoms with van der Waals surface area (Å²) in [5.74, 6) is 0.180. The summed E-state index contributed by atoms with van der Waals surface area (Å²) in [7, 11) is 0. The fourth-order valence-electron chi connectivity index (χ4n) is 5.76. The number of aliphatic hydroxyl groups is 2. The predicted octanol–water partition coefficient (Wildman–Crippen LogP) is 10.6. The summed E-state index contributed by atoms with van der Waals surface area (Å²) in [6.45, 7) is 5.73. The summed E-state index contributed by atoms with van der Waals surface area (Å²) < 4.78 is 10.7. The average Bonchev–Trinajstić information content (AvgIpc) is 3.03. The molecule has 45 heavy (non-hydrogen) atoms. The first-order valence-corrected chi connectivity index (χ1v) is 19.4. The minimum atomic E-state index is -1.16. The largest absolute Gasteiger partial charge is 0.465 e. The maximum atomic E-state index is 12.3. The fraction of sp³-hybridized carbons (Fsp3) is 0.949. The Morgan fingerprint density at radius 3 is 1.07 bits per heavy atom. The van der Waals surface area contributed by atoms with Crippen molar-refractivity contribution < 1.29 is 29.3 Å². The van der Waals surface area contributed by atoms with Crippen molar-refractivity contribution in [2.24, 2.45) is 11.3 Å². The van der Waals surface area contributed by atoms with Crippen LogP contribution in [0.1, 0.15) is 201 Å². The average molecular weight is 641 g/mol. The van der Waals surface area contributed by atoms with Crippen molar-refractivity contribution in [1.29, 1.82) is 0 Å². The lowest BCUT2D eigenvalue weighted by Gasteiger charge is -2.28. The van der Waals surface area contributed by atoms with Crippen molar-refractivity contribution in [2.75, 3.05) is 26.4 Å². The van der Waals surface area contributed by atoms with Crippen molar-refractivity contribution in [3.8, 4) is 0 Å². The van der Waals surface area contributed by atoms with Crippen molar-refractivity contribution in [1.82, 2.24) is 0 Å². The lowest BCUT2D eigenvalue weighted by molar-refractivity contribution is -0.159.